The fraction of sp³-hybridized carbons (Fsp3) is 0.800. The monoisotopic (exact) mass is 172 g/mol. The molecule has 0 aromatic heterocycles. The van der Waals surface area contributed by atoms with Gasteiger partial charge < -0.3 is 0 Å². The molecule has 0 N–H and O–H groups in total. The Hall–Kier alpha value is 0.0300. The Morgan fingerprint density at radius 2 is 2.09 bits per heavy atom. The lowest BCUT2D eigenvalue weighted by Gasteiger charge is -2.15. The average Bonchev–Trinajstić information content (AvgIpc) is 2.50. The second kappa shape index (κ2) is 2.82. The molecule has 0 radical (unpaired) electrons. The van der Waals surface area contributed by atoms with Gasteiger partial charge in [-0.2, -0.15) is 0 Å². The first-order valence-electron chi connectivity index (χ1n) is 4.25. The van der Waals surface area contributed by atoms with Crippen molar-refractivity contribution in [3.8, 4) is 0 Å². The fourth-order valence-electron chi connectivity index (χ4n) is 1.90. The van der Waals surface area contributed by atoms with Gasteiger partial charge in [-0.05, 0) is 30.1 Å². The van der Waals surface area contributed by atoms with Crippen LogP contribution in [0.25, 0.3) is 0 Å². The van der Waals surface area contributed by atoms with Gasteiger partial charge >= 0.3 is 0 Å². The van der Waals surface area contributed by atoms with Gasteiger partial charge in [-0.25, -0.2) is 0 Å². The molecular formula is C10H17Cl. The van der Waals surface area contributed by atoms with Gasteiger partial charge in [0.15, 0.2) is 0 Å². The van der Waals surface area contributed by atoms with Gasteiger partial charge in [-0.1, -0.05) is 19.9 Å². The molecule has 64 valence electrons. The van der Waals surface area contributed by atoms with E-state index >= 15 is 0 Å². The van der Waals surface area contributed by atoms with Crippen molar-refractivity contribution in [3.05, 3.63) is 12.7 Å². The minimum absolute atomic E-state index is 0.433. The second-order valence-electron chi connectivity index (χ2n) is 4.30. The van der Waals surface area contributed by atoms with Crippen molar-refractivity contribution in [2.45, 2.75) is 33.1 Å². The topological polar surface area (TPSA) is 0 Å². The van der Waals surface area contributed by atoms with Crippen LogP contribution in [0.3, 0.4) is 0 Å². The van der Waals surface area contributed by atoms with Crippen molar-refractivity contribution < 1.29 is 0 Å². The number of rotatable bonds is 4. The molecule has 11 heavy (non-hydrogen) atoms. The summed E-state index contributed by atoms with van der Waals surface area (Å²) in [5, 5.41) is 0. The van der Waals surface area contributed by atoms with Crippen molar-refractivity contribution in [1.29, 1.82) is 0 Å². The number of alkyl halides is 1. The third-order valence-corrected chi connectivity index (χ3v) is 3.69. The molecule has 0 aromatic carbocycles. The van der Waals surface area contributed by atoms with E-state index in [1.807, 2.05) is 6.08 Å². The average molecular weight is 173 g/mol. The van der Waals surface area contributed by atoms with E-state index in [1.165, 1.54) is 12.8 Å². The van der Waals surface area contributed by atoms with Crippen LogP contribution < -0.4 is 0 Å². The van der Waals surface area contributed by atoms with Gasteiger partial charge in [0, 0.05) is 5.88 Å². The predicted octanol–water partition coefficient (Wildman–Crippen LogP) is 3.61. The molecule has 0 bridgehead atoms. The molecule has 1 fully saturated rings. The smallest absolute Gasteiger partial charge is 0.0285 e. The van der Waals surface area contributed by atoms with Crippen LogP contribution in [0.2, 0.25) is 0 Å². The summed E-state index contributed by atoms with van der Waals surface area (Å²) in [5.41, 5.74) is 0.917. The molecule has 1 atom stereocenters. The molecule has 1 aliphatic carbocycles. The first-order chi connectivity index (χ1) is 5.08. The lowest BCUT2D eigenvalue weighted by molar-refractivity contribution is 0.398. The van der Waals surface area contributed by atoms with Crippen molar-refractivity contribution >= 4 is 11.6 Å². The second-order valence-corrected chi connectivity index (χ2v) is 4.57. The van der Waals surface area contributed by atoms with E-state index < -0.39 is 0 Å². The Bertz CT molecular complexity index is 160. The molecule has 1 heteroatoms. The van der Waals surface area contributed by atoms with Gasteiger partial charge in [-0.3, -0.25) is 0 Å². The summed E-state index contributed by atoms with van der Waals surface area (Å²) < 4.78 is 0. The molecule has 0 saturated heterocycles. The third-order valence-electron chi connectivity index (χ3n) is 3.17. The third kappa shape index (κ3) is 1.46. The summed E-state index contributed by atoms with van der Waals surface area (Å²) in [4.78, 5) is 0. The van der Waals surface area contributed by atoms with Crippen LogP contribution in [-0.4, -0.2) is 5.88 Å². The van der Waals surface area contributed by atoms with E-state index in [9.17, 15) is 0 Å². The molecule has 0 aliphatic heterocycles. The number of halogens is 1. The zero-order valence-corrected chi connectivity index (χ0v) is 8.25. The molecule has 0 amide bonds. The van der Waals surface area contributed by atoms with Crippen molar-refractivity contribution in [3.63, 3.8) is 0 Å². The predicted molar refractivity (Wildman–Crippen MR) is 51.0 cm³/mol. The quantitative estimate of drug-likeness (QED) is 0.449. The summed E-state index contributed by atoms with van der Waals surface area (Å²) >= 11 is 5.94. The largest absolute Gasteiger partial charge is 0.126 e. The molecule has 0 spiro atoms. The van der Waals surface area contributed by atoms with Crippen molar-refractivity contribution in [1.82, 2.24) is 0 Å². The Kier molecular flexibility index (Phi) is 2.34. The maximum atomic E-state index is 5.94. The summed E-state index contributed by atoms with van der Waals surface area (Å²) in [7, 11) is 0. The van der Waals surface area contributed by atoms with Gasteiger partial charge in [0.25, 0.3) is 0 Å². The maximum Gasteiger partial charge on any atom is 0.0285 e. The van der Waals surface area contributed by atoms with Crippen LogP contribution in [0.15, 0.2) is 12.7 Å². The molecule has 0 heterocycles. The minimum Gasteiger partial charge on any atom is -0.126 e. The first-order valence-corrected chi connectivity index (χ1v) is 4.78. The van der Waals surface area contributed by atoms with Crippen LogP contribution in [0, 0.1) is 10.8 Å². The highest BCUT2D eigenvalue weighted by Crippen LogP contribution is 2.66. The standard InChI is InChI=1S/C10H17Cl/c1-4-5-6-10(8-11)7-9(10,2)3/h4H,1,5-8H2,2-3H3. The lowest BCUT2D eigenvalue weighted by Crippen LogP contribution is -2.10. The van der Waals surface area contributed by atoms with Gasteiger partial charge in [-0.15, -0.1) is 18.2 Å². The van der Waals surface area contributed by atoms with E-state index in [0.29, 0.717) is 10.8 Å². The zero-order chi connectivity index (χ0) is 8.54. The van der Waals surface area contributed by atoms with E-state index in [1.54, 1.807) is 0 Å². The number of hydrogen-bond donors (Lipinski definition) is 0. The zero-order valence-electron chi connectivity index (χ0n) is 7.49. The fourth-order valence-corrected chi connectivity index (χ4v) is 2.49. The highest BCUT2D eigenvalue weighted by molar-refractivity contribution is 6.18. The normalized spacial score (nSPS) is 33.4. The van der Waals surface area contributed by atoms with Crippen molar-refractivity contribution in [2.75, 3.05) is 5.88 Å². The van der Waals surface area contributed by atoms with Crippen LogP contribution in [0.5, 0.6) is 0 Å². The Morgan fingerprint density at radius 1 is 1.55 bits per heavy atom. The highest BCUT2D eigenvalue weighted by atomic mass is 35.5. The summed E-state index contributed by atoms with van der Waals surface area (Å²) in [6, 6.07) is 0. The molecule has 1 saturated carbocycles. The Labute approximate surface area is 74.6 Å². The molecule has 1 aliphatic rings. The summed E-state index contributed by atoms with van der Waals surface area (Å²) in [6.07, 6.45) is 5.60. The highest BCUT2D eigenvalue weighted by Gasteiger charge is 2.59. The molecule has 1 rings (SSSR count). The molecule has 0 nitrogen and oxygen atoms in total. The number of hydrogen-bond acceptors (Lipinski definition) is 0. The van der Waals surface area contributed by atoms with E-state index in [0.717, 1.165) is 12.3 Å². The van der Waals surface area contributed by atoms with E-state index in [-0.39, 0.29) is 0 Å². The summed E-state index contributed by atoms with van der Waals surface area (Å²) in [5.74, 6) is 0.813. The van der Waals surface area contributed by atoms with Gasteiger partial charge in [0.1, 0.15) is 0 Å². The van der Waals surface area contributed by atoms with Crippen LogP contribution in [0.4, 0.5) is 0 Å². The van der Waals surface area contributed by atoms with Crippen molar-refractivity contribution in [2.24, 2.45) is 10.8 Å². The molecule has 0 aromatic rings. The SMILES string of the molecule is C=CCCC1(CCl)CC1(C)C. The van der Waals surface area contributed by atoms with Gasteiger partial charge in [0.05, 0.1) is 0 Å². The van der Waals surface area contributed by atoms with Gasteiger partial charge in [0.2, 0.25) is 0 Å². The minimum atomic E-state index is 0.433. The first kappa shape index (κ1) is 9.12. The molecular weight excluding hydrogens is 156 g/mol. The lowest BCUT2D eigenvalue weighted by atomic mass is 9.93. The van der Waals surface area contributed by atoms with Crippen LogP contribution in [-0.2, 0) is 0 Å². The number of allylic oxidation sites excluding steroid dienone is 1. The van der Waals surface area contributed by atoms with Crippen LogP contribution in [0.1, 0.15) is 33.1 Å². The van der Waals surface area contributed by atoms with E-state index in [4.69, 9.17) is 11.6 Å². The Balaban J connectivity index is 2.46. The maximum absolute atomic E-state index is 5.94. The van der Waals surface area contributed by atoms with Crippen LogP contribution >= 0.6 is 11.6 Å². The van der Waals surface area contributed by atoms with E-state index in [2.05, 4.69) is 20.4 Å². The summed E-state index contributed by atoms with van der Waals surface area (Å²) in [6.45, 7) is 8.34. The Morgan fingerprint density at radius 3 is 2.36 bits per heavy atom. The molecule has 1 unspecified atom stereocenters.